The number of likely N-dealkylation sites (tertiary alicyclic amines) is 1. The van der Waals surface area contributed by atoms with Gasteiger partial charge in [-0.05, 0) is 36.6 Å². The summed E-state index contributed by atoms with van der Waals surface area (Å²) in [5.74, 6) is -0.875. The molecule has 126 valence electrons. The molecule has 4 heteroatoms. The van der Waals surface area contributed by atoms with E-state index in [1.54, 1.807) is 18.2 Å². The van der Waals surface area contributed by atoms with Crippen LogP contribution in [0.2, 0.25) is 0 Å². The fraction of sp³-hybridized carbons (Fsp3) is 0.350. The number of nitrogens with zero attached hydrogens (tertiary/aromatic N) is 1. The van der Waals surface area contributed by atoms with E-state index in [0.29, 0.717) is 24.2 Å². The largest absolute Gasteiger partial charge is 0.478 e. The van der Waals surface area contributed by atoms with Gasteiger partial charge in [-0.25, -0.2) is 4.79 Å². The molecule has 2 aromatic carbocycles. The van der Waals surface area contributed by atoms with Gasteiger partial charge in [-0.3, -0.25) is 4.90 Å². The summed E-state index contributed by atoms with van der Waals surface area (Å²) >= 11 is 0. The molecule has 1 fully saturated rings. The van der Waals surface area contributed by atoms with Crippen molar-refractivity contribution in [2.24, 2.45) is 0 Å². The molecule has 0 amide bonds. The third kappa shape index (κ3) is 4.02. The first-order chi connectivity index (χ1) is 11.6. The highest BCUT2D eigenvalue weighted by atomic mass is 16.4. The maximum Gasteiger partial charge on any atom is 0.335 e. The van der Waals surface area contributed by atoms with Crippen LogP contribution >= 0.6 is 0 Å². The van der Waals surface area contributed by atoms with Crippen molar-refractivity contribution < 1.29 is 9.90 Å². The van der Waals surface area contributed by atoms with Crippen LogP contribution in [0.25, 0.3) is 0 Å². The zero-order chi connectivity index (χ0) is 16.9. The second-order valence-electron chi connectivity index (χ2n) is 6.48. The van der Waals surface area contributed by atoms with E-state index in [9.17, 15) is 4.79 Å². The number of carbonyl (C=O) groups is 1. The zero-order valence-electron chi connectivity index (χ0n) is 14.0. The van der Waals surface area contributed by atoms with Crippen LogP contribution in [-0.4, -0.2) is 34.6 Å². The average molecular weight is 324 g/mol. The molecule has 0 radical (unpaired) electrons. The topological polar surface area (TPSA) is 52.6 Å². The van der Waals surface area contributed by atoms with E-state index in [1.165, 1.54) is 5.56 Å². The van der Waals surface area contributed by atoms with E-state index in [-0.39, 0.29) is 0 Å². The standard InChI is InChI=1S/C20H24N2O2/c1-15-19(10-11-22(15)14-16-6-3-2-4-7-16)21-13-17-8-5-9-18(12-17)20(23)24/h2-9,12,15,19,21H,10-11,13-14H2,1H3,(H,23,24). The average Bonchev–Trinajstić information content (AvgIpc) is 2.94. The van der Waals surface area contributed by atoms with Crippen LogP contribution < -0.4 is 5.32 Å². The van der Waals surface area contributed by atoms with E-state index in [2.05, 4.69) is 41.4 Å². The Morgan fingerprint density at radius 1 is 1.17 bits per heavy atom. The minimum absolute atomic E-state index is 0.347. The highest BCUT2D eigenvalue weighted by Crippen LogP contribution is 2.21. The van der Waals surface area contributed by atoms with Gasteiger partial charge in [-0.2, -0.15) is 0 Å². The number of aromatic carboxylic acids is 1. The number of rotatable bonds is 6. The minimum Gasteiger partial charge on any atom is -0.478 e. The minimum atomic E-state index is -0.875. The Morgan fingerprint density at radius 2 is 1.92 bits per heavy atom. The van der Waals surface area contributed by atoms with Gasteiger partial charge in [-0.1, -0.05) is 42.5 Å². The summed E-state index contributed by atoms with van der Waals surface area (Å²) in [6, 6.07) is 18.6. The van der Waals surface area contributed by atoms with Gasteiger partial charge in [0.25, 0.3) is 0 Å². The molecule has 0 aromatic heterocycles. The number of hydrogen-bond acceptors (Lipinski definition) is 3. The fourth-order valence-corrected chi connectivity index (χ4v) is 3.38. The van der Waals surface area contributed by atoms with Gasteiger partial charge in [0.2, 0.25) is 0 Å². The lowest BCUT2D eigenvalue weighted by Gasteiger charge is -2.25. The van der Waals surface area contributed by atoms with Crippen LogP contribution in [0.15, 0.2) is 54.6 Å². The molecule has 0 aliphatic carbocycles. The maximum absolute atomic E-state index is 11.1. The van der Waals surface area contributed by atoms with Gasteiger partial charge in [0.15, 0.2) is 0 Å². The molecule has 0 bridgehead atoms. The zero-order valence-corrected chi connectivity index (χ0v) is 14.0. The highest BCUT2D eigenvalue weighted by molar-refractivity contribution is 5.87. The second-order valence-corrected chi connectivity index (χ2v) is 6.48. The Labute approximate surface area is 143 Å². The first kappa shape index (κ1) is 16.7. The van der Waals surface area contributed by atoms with Crippen LogP contribution in [-0.2, 0) is 13.1 Å². The highest BCUT2D eigenvalue weighted by Gasteiger charge is 2.29. The third-order valence-electron chi connectivity index (χ3n) is 4.86. The van der Waals surface area contributed by atoms with E-state index in [1.807, 2.05) is 12.1 Å². The van der Waals surface area contributed by atoms with Crippen molar-refractivity contribution in [3.8, 4) is 0 Å². The number of hydrogen-bond donors (Lipinski definition) is 2. The third-order valence-corrected chi connectivity index (χ3v) is 4.86. The summed E-state index contributed by atoms with van der Waals surface area (Å²) < 4.78 is 0. The van der Waals surface area contributed by atoms with Gasteiger partial charge in [0.05, 0.1) is 5.56 Å². The number of nitrogens with one attached hydrogen (secondary N) is 1. The lowest BCUT2D eigenvalue weighted by molar-refractivity contribution is 0.0696. The number of carboxylic acids is 1. The van der Waals surface area contributed by atoms with Crippen LogP contribution in [0.5, 0.6) is 0 Å². The lowest BCUT2D eigenvalue weighted by Crippen LogP contribution is -2.39. The van der Waals surface area contributed by atoms with E-state index >= 15 is 0 Å². The van der Waals surface area contributed by atoms with Gasteiger partial charge < -0.3 is 10.4 Å². The van der Waals surface area contributed by atoms with Crippen LogP contribution in [0.4, 0.5) is 0 Å². The SMILES string of the molecule is CC1C(NCc2cccc(C(=O)O)c2)CCN1Cc1ccccc1. The molecule has 0 spiro atoms. The lowest BCUT2D eigenvalue weighted by atomic mass is 10.1. The molecule has 1 aliphatic heterocycles. The molecule has 3 rings (SSSR count). The quantitative estimate of drug-likeness (QED) is 0.857. The summed E-state index contributed by atoms with van der Waals surface area (Å²) in [7, 11) is 0. The van der Waals surface area contributed by atoms with E-state index in [0.717, 1.165) is 25.1 Å². The van der Waals surface area contributed by atoms with E-state index in [4.69, 9.17) is 5.11 Å². The van der Waals surface area contributed by atoms with Gasteiger partial charge in [-0.15, -0.1) is 0 Å². The Hall–Kier alpha value is -2.17. The molecular formula is C20H24N2O2. The molecule has 0 saturated carbocycles. The van der Waals surface area contributed by atoms with Crippen molar-refractivity contribution in [3.05, 3.63) is 71.3 Å². The van der Waals surface area contributed by atoms with Crippen molar-refractivity contribution in [3.63, 3.8) is 0 Å². The van der Waals surface area contributed by atoms with Crippen LogP contribution in [0.1, 0.15) is 34.8 Å². The second kappa shape index (κ2) is 7.60. The number of benzene rings is 2. The Morgan fingerprint density at radius 3 is 2.67 bits per heavy atom. The molecule has 24 heavy (non-hydrogen) atoms. The summed E-state index contributed by atoms with van der Waals surface area (Å²) in [6.07, 6.45) is 1.12. The molecule has 2 aromatic rings. The Bertz CT molecular complexity index is 687. The molecule has 1 heterocycles. The molecule has 2 N–H and O–H groups in total. The Kier molecular flexibility index (Phi) is 5.28. The summed E-state index contributed by atoms with van der Waals surface area (Å²) in [6.45, 7) is 5.04. The molecule has 1 saturated heterocycles. The van der Waals surface area contributed by atoms with Crippen LogP contribution in [0, 0.1) is 0 Å². The smallest absolute Gasteiger partial charge is 0.335 e. The van der Waals surface area contributed by atoms with Crippen molar-refractivity contribution in [2.75, 3.05) is 6.54 Å². The monoisotopic (exact) mass is 324 g/mol. The van der Waals surface area contributed by atoms with Gasteiger partial charge >= 0.3 is 5.97 Å². The van der Waals surface area contributed by atoms with Crippen molar-refractivity contribution in [2.45, 2.75) is 38.5 Å². The summed E-state index contributed by atoms with van der Waals surface area (Å²) in [5.41, 5.74) is 2.71. The first-order valence-electron chi connectivity index (χ1n) is 8.47. The van der Waals surface area contributed by atoms with Crippen molar-refractivity contribution in [1.82, 2.24) is 10.2 Å². The molecule has 2 atom stereocenters. The molecule has 2 unspecified atom stereocenters. The van der Waals surface area contributed by atoms with Gasteiger partial charge in [0, 0.05) is 31.7 Å². The molecule has 1 aliphatic rings. The predicted molar refractivity (Wildman–Crippen MR) is 95.0 cm³/mol. The van der Waals surface area contributed by atoms with Crippen molar-refractivity contribution in [1.29, 1.82) is 0 Å². The maximum atomic E-state index is 11.1. The first-order valence-corrected chi connectivity index (χ1v) is 8.47. The summed E-state index contributed by atoms with van der Waals surface area (Å²) in [4.78, 5) is 13.6. The van der Waals surface area contributed by atoms with Gasteiger partial charge in [0.1, 0.15) is 0 Å². The van der Waals surface area contributed by atoms with Crippen LogP contribution in [0.3, 0.4) is 0 Å². The Balaban J connectivity index is 1.55. The van der Waals surface area contributed by atoms with Crippen molar-refractivity contribution >= 4 is 5.97 Å². The normalized spacial score (nSPS) is 21.0. The molecule has 4 nitrogen and oxygen atoms in total. The predicted octanol–water partition coefficient (Wildman–Crippen LogP) is 3.14. The number of carboxylic acid groups (broad SMARTS) is 1. The molecular weight excluding hydrogens is 300 g/mol. The van der Waals surface area contributed by atoms with E-state index < -0.39 is 5.97 Å². The summed E-state index contributed by atoms with van der Waals surface area (Å²) in [5, 5.41) is 12.7. The fourth-order valence-electron chi connectivity index (χ4n) is 3.38.